The first-order valence-electron chi connectivity index (χ1n) is 4.41. The second-order valence-corrected chi connectivity index (χ2v) is 3.48. The molecule has 1 rings (SSSR count). The molecular formula is C11H11BrO3. The van der Waals surface area contributed by atoms with Crippen molar-refractivity contribution in [2.45, 2.75) is 11.9 Å². The minimum Gasteiger partial charge on any atom is -0.467 e. The van der Waals surface area contributed by atoms with E-state index in [1.807, 2.05) is 18.2 Å². The van der Waals surface area contributed by atoms with Gasteiger partial charge in [-0.05, 0) is 35.0 Å². The van der Waals surface area contributed by atoms with E-state index in [4.69, 9.17) is 9.47 Å². The van der Waals surface area contributed by atoms with E-state index in [2.05, 4.69) is 15.9 Å². The predicted molar refractivity (Wildman–Crippen MR) is 60.7 cm³/mol. The molecule has 0 bridgehead atoms. The van der Waals surface area contributed by atoms with E-state index in [-0.39, 0.29) is 0 Å². The average Bonchev–Trinajstić information content (AvgIpc) is 2.27. The third-order valence-electron chi connectivity index (χ3n) is 1.49. The molecule has 4 heteroatoms. The van der Waals surface area contributed by atoms with Crippen molar-refractivity contribution in [2.24, 2.45) is 0 Å². The normalized spacial score (nSPS) is 12.4. The van der Waals surface area contributed by atoms with Gasteiger partial charge in [0.05, 0.1) is 6.26 Å². The van der Waals surface area contributed by atoms with Crippen LogP contribution in [0.3, 0.4) is 0 Å². The summed E-state index contributed by atoms with van der Waals surface area (Å²) in [5.74, 6) is 0.119. The summed E-state index contributed by atoms with van der Waals surface area (Å²) in [5.41, 5.74) is 0. The Bertz CT molecular complexity index is 335. The number of benzene rings is 1. The molecule has 80 valence electrons. The monoisotopic (exact) mass is 270 g/mol. The summed E-state index contributed by atoms with van der Waals surface area (Å²) in [4.78, 5) is 11.3. The van der Waals surface area contributed by atoms with E-state index in [0.29, 0.717) is 5.75 Å². The van der Waals surface area contributed by atoms with Crippen molar-refractivity contribution < 1.29 is 14.3 Å². The molecule has 0 aromatic heterocycles. The van der Waals surface area contributed by atoms with E-state index < -0.39 is 11.0 Å². The summed E-state index contributed by atoms with van der Waals surface area (Å²) in [5, 5.41) is -0.795. The zero-order valence-electron chi connectivity index (χ0n) is 8.22. The molecule has 0 amide bonds. The molecule has 1 aromatic carbocycles. The summed E-state index contributed by atoms with van der Waals surface area (Å²) >= 11 is 3.08. The zero-order chi connectivity index (χ0) is 11.1. The van der Waals surface area contributed by atoms with Crippen LogP contribution in [0.4, 0.5) is 0 Å². The van der Waals surface area contributed by atoms with Gasteiger partial charge in [-0.3, -0.25) is 0 Å². The van der Waals surface area contributed by atoms with Crippen molar-refractivity contribution in [1.29, 1.82) is 0 Å². The maximum Gasteiger partial charge on any atom is 0.363 e. The van der Waals surface area contributed by atoms with Crippen molar-refractivity contribution >= 4 is 21.9 Å². The van der Waals surface area contributed by atoms with Crippen LogP contribution in [0.5, 0.6) is 5.75 Å². The lowest BCUT2D eigenvalue weighted by molar-refractivity contribution is -0.141. The lowest BCUT2D eigenvalue weighted by Gasteiger charge is -2.10. The molecule has 0 fully saturated rings. The van der Waals surface area contributed by atoms with Gasteiger partial charge < -0.3 is 9.47 Å². The first-order valence-corrected chi connectivity index (χ1v) is 5.33. The highest BCUT2D eigenvalue weighted by atomic mass is 79.9. The molecular weight excluding hydrogens is 260 g/mol. The minimum absolute atomic E-state index is 0.489. The van der Waals surface area contributed by atoms with Gasteiger partial charge >= 0.3 is 5.97 Å². The molecule has 0 N–H and O–H groups in total. The van der Waals surface area contributed by atoms with Crippen LogP contribution in [0.15, 0.2) is 42.7 Å². The van der Waals surface area contributed by atoms with Gasteiger partial charge in [0.2, 0.25) is 5.01 Å². The summed E-state index contributed by atoms with van der Waals surface area (Å²) < 4.78 is 10.0. The SMILES string of the molecule is CC=COC(=O)C(Br)Oc1ccccc1. The topological polar surface area (TPSA) is 35.5 Å². The molecule has 1 aromatic rings. The van der Waals surface area contributed by atoms with E-state index in [1.54, 1.807) is 25.1 Å². The summed E-state index contributed by atoms with van der Waals surface area (Å²) in [6, 6.07) is 9.04. The standard InChI is InChI=1S/C11H11BrO3/c1-2-8-14-11(13)10(12)15-9-6-4-3-5-7-9/h2-8,10H,1H3. The second-order valence-electron chi connectivity index (χ2n) is 2.65. The molecule has 3 nitrogen and oxygen atoms in total. The Hall–Kier alpha value is -1.29. The first kappa shape index (κ1) is 11.8. The number of alkyl halides is 1. The number of esters is 1. The largest absolute Gasteiger partial charge is 0.467 e. The molecule has 0 spiro atoms. The third-order valence-corrected chi connectivity index (χ3v) is 2.05. The van der Waals surface area contributed by atoms with Crippen LogP contribution in [-0.2, 0) is 9.53 Å². The van der Waals surface area contributed by atoms with Gasteiger partial charge in [0, 0.05) is 0 Å². The Morgan fingerprint density at radius 3 is 2.67 bits per heavy atom. The van der Waals surface area contributed by atoms with Gasteiger partial charge in [-0.2, -0.15) is 0 Å². The number of para-hydroxylation sites is 1. The number of carbonyl (C=O) groups is 1. The van der Waals surface area contributed by atoms with Gasteiger partial charge in [-0.1, -0.05) is 24.3 Å². The van der Waals surface area contributed by atoms with Gasteiger partial charge in [-0.25, -0.2) is 4.79 Å². The highest BCUT2D eigenvalue weighted by Gasteiger charge is 2.17. The van der Waals surface area contributed by atoms with Gasteiger partial charge in [0.15, 0.2) is 0 Å². The number of ether oxygens (including phenoxy) is 2. The molecule has 0 saturated carbocycles. The Kier molecular flexibility index (Phi) is 4.90. The van der Waals surface area contributed by atoms with Crippen LogP contribution in [0.1, 0.15) is 6.92 Å². The van der Waals surface area contributed by atoms with Crippen molar-refractivity contribution in [1.82, 2.24) is 0 Å². The fourth-order valence-electron chi connectivity index (χ4n) is 0.855. The highest BCUT2D eigenvalue weighted by Crippen LogP contribution is 2.14. The molecule has 1 atom stereocenters. The fraction of sp³-hybridized carbons (Fsp3) is 0.182. The van der Waals surface area contributed by atoms with Crippen LogP contribution in [0, 0.1) is 0 Å². The van der Waals surface area contributed by atoms with E-state index in [1.165, 1.54) is 6.26 Å². The number of hydrogen-bond donors (Lipinski definition) is 0. The van der Waals surface area contributed by atoms with Crippen molar-refractivity contribution in [3.05, 3.63) is 42.7 Å². The van der Waals surface area contributed by atoms with Gasteiger partial charge in [0.25, 0.3) is 0 Å². The van der Waals surface area contributed by atoms with Crippen LogP contribution < -0.4 is 4.74 Å². The number of hydrogen-bond acceptors (Lipinski definition) is 3. The zero-order valence-corrected chi connectivity index (χ0v) is 9.81. The van der Waals surface area contributed by atoms with Crippen LogP contribution >= 0.6 is 15.9 Å². The summed E-state index contributed by atoms with van der Waals surface area (Å²) in [6.45, 7) is 1.76. The van der Waals surface area contributed by atoms with Crippen LogP contribution in [-0.4, -0.2) is 11.0 Å². The molecule has 1 unspecified atom stereocenters. The Labute approximate surface area is 96.8 Å². The molecule has 0 aliphatic carbocycles. The van der Waals surface area contributed by atoms with Crippen molar-refractivity contribution in [2.75, 3.05) is 0 Å². The molecule has 0 aliphatic heterocycles. The lowest BCUT2D eigenvalue weighted by atomic mass is 10.3. The molecule has 0 radical (unpaired) electrons. The minimum atomic E-state index is -0.795. The Morgan fingerprint density at radius 2 is 2.07 bits per heavy atom. The Morgan fingerprint density at radius 1 is 1.40 bits per heavy atom. The van der Waals surface area contributed by atoms with Crippen LogP contribution in [0.25, 0.3) is 0 Å². The van der Waals surface area contributed by atoms with Crippen molar-refractivity contribution in [3.63, 3.8) is 0 Å². The molecule has 0 saturated heterocycles. The van der Waals surface area contributed by atoms with Crippen LogP contribution in [0.2, 0.25) is 0 Å². The van der Waals surface area contributed by atoms with Gasteiger partial charge in [-0.15, -0.1) is 0 Å². The maximum absolute atomic E-state index is 11.3. The van der Waals surface area contributed by atoms with E-state index >= 15 is 0 Å². The lowest BCUT2D eigenvalue weighted by Crippen LogP contribution is -2.21. The summed E-state index contributed by atoms with van der Waals surface area (Å²) in [6.07, 6.45) is 2.94. The highest BCUT2D eigenvalue weighted by molar-refractivity contribution is 9.09. The molecule has 0 heterocycles. The number of carbonyl (C=O) groups excluding carboxylic acids is 1. The number of halogens is 1. The van der Waals surface area contributed by atoms with E-state index in [9.17, 15) is 4.79 Å². The maximum atomic E-state index is 11.3. The summed E-state index contributed by atoms with van der Waals surface area (Å²) in [7, 11) is 0. The first-order chi connectivity index (χ1) is 7.24. The average molecular weight is 271 g/mol. The quantitative estimate of drug-likeness (QED) is 0.480. The fourth-order valence-corrected chi connectivity index (χ4v) is 1.18. The molecule has 15 heavy (non-hydrogen) atoms. The van der Waals surface area contributed by atoms with E-state index in [0.717, 1.165) is 0 Å². The number of allylic oxidation sites excluding steroid dienone is 1. The Balaban J connectivity index is 2.48. The number of rotatable bonds is 4. The molecule has 0 aliphatic rings. The third kappa shape index (κ3) is 4.16. The second kappa shape index (κ2) is 6.24. The predicted octanol–water partition coefficient (Wildman–Crippen LogP) is 2.86. The smallest absolute Gasteiger partial charge is 0.363 e. The van der Waals surface area contributed by atoms with Crippen molar-refractivity contribution in [3.8, 4) is 5.75 Å². The van der Waals surface area contributed by atoms with Gasteiger partial charge in [0.1, 0.15) is 5.75 Å².